The van der Waals surface area contributed by atoms with Gasteiger partial charge in [-0.15, -0.1) is 11.8 Å². The summed E-state index contributed by atoms with van der Waals surface area (Å²) in [6.45, 7) is -1.66. The molecule has 0 aliphatic rings. The summed E-state index contributed by atoms with van der Waals surface area (Å²) in [6.07, 6.45) is 1.60. The lowest BCUT2D eigenvalue weighted by atomic mass is 10.2. The van der Waals surface area contributed by atoms with Crippen molar-refractivity contribution >= 4 is 45.3 Å². The number of thioether (sulfide) groups is 1. The number of methoxy groups -OCH3 is 1. The summed E-state index contributed by atoms with van der Waals surface area (Å²) >= 11 is 1.08. The number of ether oxygens (including phenoxy) is 2. The van der Waals surface area contributed by atoms with E-state index in [-0.39, 0.29) is 10.5 Å². The molecule has 2 rings (SSSR count). The summed E-state index contributed by atoms with van der Waals surface area (Å²) in [4.78, 5) is 45.8. The van der Waals surface area contributed by atoms with Crippen LogP contribution in [0.3, 0.4) is 0 Å². The van der Waals surface area contributed by atoms with E-state index < -0.39 is 56.5 Å². The smallest absolute Gasteiger partial charge is 0.321 e. The van der Waals surface area contributed by atoms with Crippen LogP contribution in [0, 0.1) is 10.1 Å². The maximum atomic E-state index is 12.3. The van der Waals surface area contributed by atoms with Crippen molar-refractivity contribution in [3.63, 3.8) is 0 Å². The molecule has 0 spiro atoms. The number of imide groups is 1. The highest BCUT2D eigenvalue weighted by Gasteiger charge is 2.22. The number of nitro groups is 1. The number of nitrogens with zero attached hydrogens (tertiary/aromatic N) is 1. The zero-order valence-corrected chi connectivity index (χ0v) is 19.0. The largest absolute Gasteiger partial charge is 0.497 e. The molecule has 0 unspecified atom stereocenters. The van der Waals surface area contributed by atoms with Crippen molar-refractivity contribution in [3.05, 3.63) is 58.1 Å². The molecule has 2 N–H and O–H groups in total. The van der Waals surface area contributed by atoms with Crippen LogP contribution < -0.4 is 14.8 Å². The number of rotatable bonds is 10. The summed E-state index contributed by atoms with van der Waals surface area (Å²) < 4.78 is 36.2. The van der Waals surface area contributed by atoms with E-state index in [9.17, 15) is 32.9 Å². The summed E-state index contributed by atoms with van der Waals surface area (Å²) in [5.41, 5.74) is -0.226. The Morgan fingerprint density at radius 2 is 1.79 bits per heavy atom. The molecule has 2 aromatic carbocycles. The van der Waals surface area contributed by atoms with Crippen molar-refractivity contribution in [1.29, 1.82) is 0 Å². The Balaban J connectivity index is 1.87. The van der Waals surface area contributed by atoms with Crippen molar-refractivity contribution in [1.82, 2.24) is 10.0 Å². The Labute approximate surface area is 192 Å². The van der Waals surface area contributed by atoms with Gasteiger partial charge in [-0.2, -0.15) is 4.72 Å². The third-order valence-electron chi connectivity index (χ3n) is 4.03. The number of benzene rings is 2. The van der Waals surface area contributed by atoms with Crippen LogP contribution in [0.4, 0.5) is 5.69 Å². The highest BCUT2D eigenvalue weighted by atomic mass is 32.2. The average molecular weight is 498 g/mol. The van der Waals surface area contributed by atoms with Crippen LogP contribution in [0.15, 0.2) is 52.3 Å². The van der Waals surface area contributed by atoms with Crippen molar-refractivity contribution in [2.24, 2.45) is 0 Å². The lowest BCUT2D eigenvalue weighted by Gasteiger charge is -2.09. The normalized spacial score (nSPS) is 10.8. The minimum atomic E-state index is -4.27. The monoisotopic (exact) mass is 497 g/mol. The fourth-order valence-corrected chi connectivity index (χ4v) is 3.93. The van der Waals surface area contributed by atoms with Crippen LogP contribution in [0.25, 0.3) is 0 Å². The van der Waals surface area contributed by atoms with Crippen LogP contribution >= 0.6 is 11.8 Å². The first-order valence-corrected chi connectivity index (χ1v) is 11.7. The lowest BCUT2D eigenvalue weighted by Crippen LogP contribution is -2.36. The minimum absolute atomic E-state index is 0.171. The second kappa shape index (κ2) is 11.4. The molecule has 2 aromatic rings. The van der Waals surface area contributed by atoms with Gasteiger partial charge in [0.1, 0.15) is 12.3 Å². The summed E-state index contributed by atoms with van der Waals surface area (Å²) in [5.74, 6) is -2.23. The van der Waals surface area contributed by atoms with E-state index in [1.165, 1.54) is 37.4 Å². The van der Waals surface area contributed by atoms with Gasteiger partial charge in [0.15, 0.2) is 6.61 Å². The SMILES string of the molecule is COc1ccc(C(=O)NC(=O)COC(=O)CNS(=O)(=O)c2ccc(SC)c([N+](=O)[O-])c2)cc1. The first kappa shape index (κ1) is 25.8. The van der Waals surface area contributed by atoms with Crippen molar-refractivity contribution < 1.29 is 37.2 Å². The molecule has 0 saturated carbocycles. The Morgan fingerprint density at radius 1 is 1.12 bits per heavy atom. The number of nitro benzene ring substituents is 1. The third-order valence-corrected chi connectivity index (χ3v) is 6.22. The van der Waals surface area contributed by atoms with E-state index in [4.69, 9.17) is 4.74 Å². The molecule has 0 radical (unpaired) electrons. The number of hydrogen-bond donors (Lipinski definition) is 2. The number of nitrogens with one attached hydrogen (secondary N) is 2. The first-order chi connectivity index (χ1) is 15.6. The van der Waals surface area contributed by atoms with Crippen molar-refractivity contribution in [2.75, 3.05) is 26.5 Å². The Bertz CT molecular complexity index is 1170. The molecule has 14 heteroatoms. The number of sulfonamides is 1. The van der Waals surface area contributed by atoms with Gasteiger partial charge in [-0.3, -0.25) is 29.8 Å². The highest BCUT2D eigenvalue weighted by molar-refractivity contribution is 7.98. The van der Waals surface area contributed by atoms with Gasteiger partial charge in [-0.1, -0.05) is 0 Å². The summed E-state index contributed by atoms with van der Waals surface area (Å²) in [7, 11) is -2.81. The third kappa shape index (κ3) is 7.27. The summed E-state index contributed by atoms with van der Waals surface area (Å²) in [5, 5.41) is 13.1. The molecule has 33 heavy (non-hydrogen) atoms. The Morgan fingerprint density at radius 3 is 2.36 bits per heavy atom. The average Bonchev–Trinajstić information content (AvgIpc) is 2.80. The minimum Gasteiger partial charge on any atom is -0.497 e. The molecular weight excluding hydrogens is 478 g/mol. The van der Waals surface area contributed by atoms with E-state index in [1.807, 2.05) is 10.0 Å². The van der Waals surface area contributed by atoms with Gasteiger partial charge in [0.2, 0.25) is 10.0 Å². The molecular formula is C19H19N3O9S2. The number of esters is 1. The second-order valence-corrected chi connectivity index (χ2v) is 8.80. The predicted molar refractivity (Wildman–Crippen MR) is 116 cm³/mol. The zero-order valence-electron chi connectivity index (χ0n) is 17.4. The van der Waals surface area contributed by atoms with Gasteiger partial charge in [-0.05, 0) is 42.7 Å². The Hall–Kier alpha value is -3.49. The number of amides is 2. The van der Waals surface area contributed by atoms with Crippen LogP contribution in [0.2, 0.25) is 0 Å². The van der Waals surface area contributed by atoms with E-state index in [1.54, 1.807) is 6.26 Å². The lowest BCUT2D eigenvalue weighted by molar-refractivity contribution is -0.388. The molecule has 0 aromatic heterocycles. The number of carbonyl (C=O) groups is 3. The van der Waals surface area contributed by atoms with Crippen molar-refractivity contribution in [3.8, 4) is 5.75 Å². The molecule has 0 heterocycles. The number of carbonyl (C=O) groups excluding carboxylic acids is 3. The molecule has 0 aliphatic carbocycles. The van der Waals surface area contributed by atoms with Gasteiger partial charge >= 0.3 is 5.97 Å². The molecule has 0 saturated heterocycles. The zero-order chi connectivity index (χ0) is 24.6. The van der Waals surface area contributed by atoms with Crippen LogP contribution in [-0.2, 0) is 24.3 Å². The molecule has 0 aliphatic heterocycles. The standard InChI is InChI=1S/C19H19N3O9S2/c1-30-13-5-3-12(4-6-13)19(25)21-17(23)11-31-18(24)10-20-33(28,29)14-7-8-16(32-2)15(9-14)22(26)27/h3-9,20H,10-11H2,1-2H3,(H,21,23,25). The van der Waals surface area contributed by atoms with Gasteiger partial charge in [0.25, 0.3) is 17.5 Å². The predicted octanol–water partition coefficient (Wildman–Crippen LogP) is 1.10. The maximum absolute atomic E-state index is 12.3. The number of hydrogen-bond acceptors (Lipinski definition) is 10. The molecule has 176 valence electrons. The van der Waals surface area contributed by atoms with E-state index >= 15 is 0 Å². The molecule has 0 bridgehead atoms. The summed E-state index contributed by atoms with van der Waals surface area (Å²) in [6, 6.07) is 9.21. The highest BCUT2D eigenvalue weighted by Crippen LogP contribution is 2.29. The maximum Gasteiger partial charge on any atom is 0.321 e. The van der Waals surface area contributed by atoms with Gasteiger partial charge in [0.05, 0.1) is 21.8 Å². The van der Waals surface area contributed by atoms with Gasteiger partial charge < -0.3 is 9.47 Å². The fourth-order valence-electron chi connectivity index (χ4n) is 2.39. The van der Waals surface area contributed by atoms with E-state index in [0.29, 0.717) is 5.75 Å². The second-order valence-electron chi connectivity index (χ2n) is 6.18. The topological polar surface area (TPSA) is 171 Å². The fraction of sp³-hybridized carbons (Fsp3) is 0.211. The van der Waals surface area contributed by atoms with Crippen LogP contribution in [-0.4, -0.2) is 57.6 Å². The van der Waals surface area contributed by atoms with E-state index in [0.717, 1.165) is 23.9 Å². The Kier molecular flexibility index (Phi) is 8.90. The van der Waals surface area contributed by atoms with Gasteiger partial charge in [0, 0.05) is 11.6 Å². The molecule has 0 atom stereocenters. The van der Waals surface area contributed by atoms with Gasteiger partial charge in [-0.25, -0.2) is 8.42 Å². The molecule has 0 fully saturated rings. The quantitative estimate of drug-likeness (QED) is 0.210. The molecule has 2 amide bonds. The van der Waals surface area contributed by atoms with Crippen molar-refractivity contribution in [2.45, 2.75) is 9.79 Å². The van der Waals surface area contributed by atoms with Crippen LogP contribution in [0.5, 0.6) is 5.75 Å². The van der Waals surface area contributed by atoms with Crippen LogP contribution in [0.1, 0.15) is 10.4 Å². The molecule has 12 nitrogen and oxygen atoms in total. The first-order valence-electron chi connectivity index (χ1n) is 9.03. The van der Waals surface area contributed by atoms with E-state index in [2.05, 4.69) is 4.74 Å².